The minimum absolute atomic E-state index is 0.883. The van der Waals surface area contributed by atoms with Crippen LogP contribution in [0, 0.1) is 0 Å². The molecule has 0 amide bonds. The average molecular weight is 961 g/mol. The molecule has 12 aromatic carbocycles. The minimum Gasteiger partial charge on any atom is -0.456 e. The number of hydrogen-bond acceptors (Lipinski definition) is 2. The molecule has 2 heterocycles. The van der Waals surface area contributed by atoms with Crippen molar-refractivity contribution in [3.8, 4) is 27.9 Å². The molecule has 4 heteroatoms. The summed E-state index contributed by atoms with van der Waals surface area (Å²) in [5.74, 6) is 0. The van der Waals surface area contributed by atoms with E-state index in [1.807, 2.05) is 12.1 Å². The van der Waals surface area contributed by atoms with E-state index in [1.165, 1.54) is 59.0 Å². The van der Waals surface area contributed by atoms with Gasteiger partial charge >= 0.3 is 0 Å². The van der Waals surface area contributed by atoms with E-state index in [-0.39, 0.29) is 0 Å². The second kappa shape index (κ2) is 18.0. The number of furan rings is 1. The summed E-state index contributed by atoms with van der Waals surface area (Å²) in [5, 5.41) is 12.6. The molecule has 0 saturated carbocycles. The Hall–Kier alpha value is -9.48. The van der Waals surface area contributed by atoms with Crippen LogP contribution in [0.4, 0.5) is 17.1 Å². The van der Waals surface area contributed by atoms with Crippen LogP contribution in [-0.4, -0.2) is 12.6 Å². The summed E-state index contributed by atoms with van der Waals surface area (Å²) in [5.41, 5.74) is 13.2. The standard InChI is InChI=1S/C70H48N2OSi/c1-4-20-56(21-5-1)74(57-22-6-2-7-23-57,58-24-8-3-9-25-58)59-45-42-54(43-46-59)71(52-38-34-50(35-39-52)61-29-16-19-49-18-10-11-26-60(49)61)53-40-36-51(37-41-53)62-30-17-32-67-70(62)65-28-12-14-31-66(65)72(67)55-44-47-64-63-27-13-15-33-68(63)73-69(64)48-55/h1-48H. The van der Waals surface area contributed by atoms with E-state index in [9.17, 15) is 0 Å². The molecule has 74 heavy (non-hydrogen) atoms. The Balaban J connectivity index is 0.900. The van der Waals surface area contributed by atoms with Crippen molar-refractivity contribution in [3.05, 3.63) is 291 Å². The van der Waals surface area contributed by atoms with Crippen LogP contribution in [0.1, 0.15) is 0 Å². The maximum absolute atomic E-state index is 6.40. The number of aromatic nitrogens is 1. The Morgan fingerprint density at radius 1 is 0.311 bits per heavy atom. The van der Waals surface area contributed by atoms with Crippen LogP contribution >= 0.6 is 0 Å². The predicted molar refractivity (Wildman–Crippen MR) is 315 cm³/mol. The first kappa shape index (κ1) is 43.3. The summed E-state index contributed by atoms with van der Waals surface area (Å²) in [4.78, 5) is 2.40. The van der Waals surface area contributed by atoms with Crippen LogP contribution in [-0.2, 0) is 0 Å². The highest BCUT2D eigenvalue weighted by atomic mass is 28.3. The number of para-hydroxylation sites is 2. The molecule has 0 aliphatic carbocycles. The molecular formula is C70H48N2OSi. The van der Waals surface area contributed by atoms with Gasteiger partial charge in [-0.1, -0.05) is 218 Å². The summed E-state index contributed by atoms with van der Waals surface area (Å²) in [6.07, 6.45) is 0. The highest BCUT2D eigenvalue weighted by Crippen LogP contribution is 2.42. The van der Waals surface area contributed by atoms with Crippen LogP contribution in [0.2, 0.25) is 0 Å². The van der Waals surface area contributed by atoms with Gasteiger partial charge in [0.05, 0.1) is 11.0 Å². The normalized spacial score (nSPS) is 11.8. The van der Waals surface area contributed by atoms with E-state index in [0.29, 0.717) is 0 Å². The van der Waals surface area contributed by atoms with E-state index < -0.39 is 8.07 Å². The van der Waals surface area contributed by atoms with Gasteiger partial charge in [-0.15, -0.1) is 0 Å². The van der Waals surface area contributed by atoms with Crippen LogP contribution in [0.3, 0.4) is 0 Å². The molecule has 348 valence electrons. The zero-order valence-corrected chi connectivity index (χ0v) is 41.5. The van der Waals surface area contributed by atoms with E-state index in [4.69, 9.17) is 4.42 Å². The van der Waals surface area contributed by atoms with Gasteiger partial charge in [-0.05, 0) is 121 Å². The summed E-state index contributed by atoms with van der Waals surface area (Å²) in [6.45, 7) is 0. The van der Waals surface area contributed by atoms with Crippen LogP contribution < -0.4 is 25.6 Å². The van der Waals surface area contributed by atoms with Gasteiger partial charge in [0.2, 0.25) is 0 Å². The molecule has 3 nitrogen and oxygen atoms in total. The molecule has 0 N–H and O–H groups in total. The summed E-state index contributed by atoms with van der Waals surface area (Å²) in [7, 11) is -2.74. The third-order valence-electron chi connectivity index (χ3n) is 15.2. The number of rotatable bonds is 10. The zero-order valence-electron chi connectivity index (χ0n) is 40.5. The summed E-state index contributed by atoms with van der Waals surface area (Å²) >= 11 is 0. The minimum atomic E-state index is -2.74. The largest absolute Gasteiger partial charge is 0.456 e. The van der Waals surface area contributed by atoms with Gasteiger partial charge in [-0.25, -0.2) is 0 Å². The van der Waals surface area contributed by atoms with Gasteiger partial charge in [-0.3, -0.25) is 0 Å². The smallest absolute Gasteiger partial charge is 0.179 e. The monoisotopic (exact) mass is 960 g/mol. The van der Waals surface area contributed by atoms with Gasteiger partial charge in [-0.2, -0.15) is 0 Å². The maximum Gasteiger partial charge on any atom is 0.179 e. The molecular weight excluding hydrogens is 913 g/mol. The average Bonchev–Trinajstić information content (AvgIpc) is 4.03. The maximum atomic E-state index is 6.40. The molecule has 0 spiro atoms. The van der Waals surface area contributed by atoms with Crippen LogP contribution in [0.15, 0.2) is 296 Å². The van der Waals surface area contributed by atoms with Crippen molar-refractivity contribution < 1.29 is 4.42 Å². The Bertz CT molecular complexity index is 4230. The van der Waals surface area contributed by atoms with Crippen molar-refractivity contribution in [1.82, 2.24) is 4.57 Å². The zero-order chi connectivity index (χ0) is 49.0. The van der Waals surface area contributed by atoms with Gasteiger partial charge < -0.3 is 13.9 Å². The molecule has 0 aliphatic heterocycles. The lowest BCUT2D eigenvalue weighted by atomic mass is 9.98. The Kier molecular flexibility index (Phi) is 10.5. The summed E-state index contributed by atoms with van der Waals surface area (Å²) < 4.78 is 8.79. The number of fused-ring (bicyclic) bond motifs is 7. The van der Waals surface area contributed by atoms with Crippen LogP contribution in [0.25, 0.3) is 82.5 Å². The van der Waals surface area contributed by atoms with Crippen LogP contribution in [0.5, 0.6) is 0 Å². The molecule has 0 unspecified atom stereocenters. The third-order valence-corrected chi connectivity index (χ3v) is 20.0. The quantitative estimate of drug-likeness (QED) is 0.101. The first-order chi connectivity index (χ1) is 36.7. The Morgan fingerprint density at radius 2 is 0.770 bits per heavy atom. The van der Waals surface area contributed by atoms with Gasteiger partial charge in [0, 0.05) is 50.4 Å². The lowest BCUT2D eigenvalue weighted by molar-refractivity contribution is 0.668. The first-order valence-corrected chi connectivity index (χ1v) is 27.4. The third kappa shape index (κ3) is 7.10. The van der Waals surface area contributed by atoms with Crippen molar-refractivity contribution in [2.24, 2.45) is 0 Å². The fraction of sp³-hybridized carbons (Fsp3) is 0. The number of hydrogen-bond donors (Lipinski definition) is 0. The predicted octanol–water partition coefficient (Wildman–Crippen LogP) is 16.0. The molecule has 0 radical (unpaired) electrons. The summed E-state index contributed by atoms with van der Waals surface area (Å²) in [6, 6.07) is 107. The lowest BCUT2D eigenvalue weighted by Gasteiger charge is -2.35. The van der Waals surface area contributed by atoms with Crippen molar-refractivity contribution in [2.75, 3.05) is 4.90 Å². The highest BCUT2D eigenvalue weighted by Gasteiger charge is 2.41. The molecule has 0 bridgehead atoms. The molecule has 14 aromatic rings. The number of benzene rings is 12. The highest BCUT2D eigenvalue weighted by molar-refractivity contribution is 7.19. The Morgan fingerprint density at radius 3 is 1.42 bits per heavy atom. The fourth-order valence-electron chi connectivity index (χ4n) is 11.8. The van der Waals surface area contributed by atoms with E-state index in [1.54, 1.807) is 0 Å². The lowest BCUT2D eigenvalue weighted by Crippen LogP contribution is -2.74. The van der Waals surface area contributed by atoms with E-state index >= 15 is 0 Å². The second-order valence-corrected chi connectivity index (χ2v) is 23.0. The van der Waals surface area contributed by atoms with Crippen molar-refractivity contribution in [1.29, 1.82) is 0 Å². The van der Waals surface area contributed by atoms with E-state index in [2.05, 4.69) is 289 Å². The topological polar surface area (TPSA) is 21.3 Å². The van der Waals surface area contributed by atoms with Gasteiger partial charge in [0.15, 0.2) is 8.07 Å². The van der Waals surface area contributed by atoms with E-state index in [0.717, 1.165) is 61.3 Å². The van der Waals surface area contributed by atoms with Gasteiger partial charge in [0.1, 0.15) is 11.2 Å². The number of anilines is 3. The molecule has 0 saturated heterocycles. The molecule has 0 atom stereocenters. The van der Waals surface area contributed by atoms with Crippen molar-refractivity contribution in [3.63, 3.8) is 0 Å². The number of nitrogens with zero attached hydrogens (tertiary/aromatic N) is 2. The fourth-order valence-corrected chi connectivity index (χ4v) is 16.6. The molecule has 14 rings (SSSR count). The Labute approximate surface area is 431 Å². The van der Waals surface area contributed by atoms with Crippen molar-refractivity contribution in [2.45, 2.75) is 0 Å². The molecule has 0 fully saturated rings. The molecule has 2 aromatic heterocycles. The second-order valence-electron chi connectivity index (χ2n) is 19.2. The van der Waals surface area contributed by atoms with Crippen molar-refractivity contribution >= 4 is 100 Å². The SMILES string of the molecule is c1ccc([Si](c2ccccc2)(c2ccccc2)c2ccc(N(c3ccc(-c4cccc5ccccc45)cc3)c3ccc(-c4cccc5c4c4ccccc4n5-c4ccc5c(c4)oc4ccccc45)cc3)cc2)cc1. The molecule has 0 aliphatic rings. The first-order valence-electron chi connectivity index (χ1n) is 25.4. The van der Waals surface area contributed by atoms with Gasteiger partial charge in [0.25, 0.3) is 0 Å².